The molecule has 1 saturated heterocycles. The lowest BCUT2D eigenvalue weighted by Gasteiger charge is -2.38. The summed E-state index contributed by atoms with van der Waals surface area (Å²) in [5, 5.41) is 13.0. The van der Waals surface area contributed by atoms with E-state index in [1.165, 1.54) is 6.92 Å². The number of hydrogen-bond donors (Lipinski definition) is 1. The fourth-order valence-electron chi connectivity index (χ4n) is 2.55. The first-order chi connectivity index (χ1) is 11.0. The highest BCUT2D eigenvalue weighted by molar-refractivity contribution is 5.95. The molecule has 0 aliphatic carbocycles. The smallest absolute Gasteiger partial charge is 0.410 e. The van der Waals surface area contributed by atoms with Gasteiger partial charge >= 0.3 is 12.1 Å². The van der Waals surface area contributed by atoms with Crippen molar-refractivity contribution in [3.63, 3.8) is 0 Å². The quantitative estimate of drug-likeness (QED) is 0.915. The van der Waals surface area contributed by atoms with E-state index in [9.17, 15) is 9.59 Å². The Hall–Kier alpha value is -2.57. The van der Waals surface area contributed by atoms with E-state index in [2.05, 4.69) is 5.16 Å². The van der Waals surface area contributed by atoms with Gasteiger partial charge in [0.15, 0.2) is 0 Å². The standard InChI is InChI=1S/C16H18N2O5/c1-16(14(19)20)7-13(17-23-16)12-8-18(9-12)15(21)22-10-11-5-3-2-4-6-11/h2-6,12H,7-10H2,1H3,(H,19,20). The Morgan fingerprint density at radius 1 is 1.39 bits per heavy atom. The van der Waals surface area contributed by atoms with Crippen molar-refractivity contribution in [2.75, 3.05) is 13.1 Å². The maximum absolute atomic E-state index is 11.9. The van der Waals surface area contributed by atoms with Crippen LogP contribution in [0.1, 0.15) is 18.9 Å². The summed E-state index contributed by atoms with van der Waals surface area (Å²) in [4.78, 5) is 29.6. The first kappa shape index (κ1) is 15.3. The Balaban J connectivity index is 1.44. The van der Waals surface area contributed by atoms with Crippen LogP contribution >= 0.6 is 0 Å². The second-order valence-electron chi connectivity index (χ2n) is 6.03. The number of aliphatic carboxylic acids is 1. The Morgan fingerprint density at radius 2 is 2.09 bits per heavy atom. The molecule has 0 radical (unpaired) electrons. The number of amides is 1. The Labute approximate surface area is 133 Å². The molecule has 2 aliphatic rings. The number of likely N-dealkylation sites (tertiary alicyclic amines) is 1. The molecule has 1 unspecified atom stereocenters. The van der Waals surface area contributed by atoms with E-state index in [1.54, 1.807) is 4.90 Å². The summed E-state index contributed by atoms with van der Waals surface area (Å²) in [6, 6.07) is 9.47. The van der Waals surface area contributed by atoms with Crippen LogP contribution in [0.25, 0.3) is 0 Å². The van der Waals surface area contributed by atoms with Crippen molar-refractivity contribution < 1.29 is 24.3 Å². The molecule has 1 aromatic carbocycles. The van der Waals surface area contributed by atoms with Gasteiger partial charge in [0.05, 0.1) is 5.71 Å². The highest BCUT2D eigenvalue weighted by atomic mass is 16.7. The number of oxime groups is 1. The van der Waals surface area contributed by atoms with Crippen molar-refractivity contribution in [2.45, 2.75) is 25.6 Å². The summed E-state index contributed by atoms with van der Waals surface area (Å²) >= 11 is 0. The van der Waals surface area contributed by atoms with Crippen LogP contribution in [0.3, 0.4) is 0 Å². The van der Waals surface area contributed by atoms with Gasteiger partial charge in [0, 0.05) is 25.4 Å². The zero-order valence-electron chi connectivity index (χ0n) is 12.8. The van der Waals surface area contributed by atoms with Crippen LogP contribution in [-0.2, 0) is 21.0 Å². The third kappa shape index (κ3) is 3.13. The summed E-state index contributed by atoms with van der Waals surface area (Å²) < 4.78 is 5.24. The lowest BCUT2D eigenvalue weighted by atomic mass is 9.88. The van der Waals surface area contributed by atoms with Gasteiger partial charge in [-0.3, -0.25) is 0 Å². The number of ether oxygens (including phenoxy) is 1. The van der Waals surface area contributed by atoms with E-state index in [1.807, 2.05) is 30.3 Å². The Morgan fingerprint density at radius 3 is 2.70 bits per heavy atom. The molecule has 23 heavy (non-hydrogen) atoms. The summed E-state index contributed by atoms with van der Waals surface area (Å²) in [5.41, 5.74) is 0.342. The zero-order chi connectivity index (χ0) is 16.4. The molecule has 1 aromatic rings. The maximum Gasteiger partial charge on any atom is 0.410 e. The van der Waals surface area contributed by atoms with Gasteiger partial charge in [-0.05, 0) is 12.5 Å². The minimum absolute atomic E-state index is 0.0421. The van der Waals surface area contributed by atoms with Crippen LogP contribution in [-0.4, -0.2) is 46.5 Å². The van der Waals surface area contributed by atoms with Crippen molar-refractivity contribution in [1.82, 2.24) is 4.90 Å². The highest BCUT2D eigenvalue weighted by Crippen LogP contribution is 2.30. The van der Waals surface area contributed by atoms with Gasteiger partial charge in [-0.15, -0.1) is 0 Å². The first-order valence-corrected chi connectivity index (χ1v) is 7.42. The molecule has 1 N–H and O–H groups in total. The monoisotopic (exact) mass is 318 g/mol. The number of carboxylic acids is 1. The van der Waals surface area contributed by atoms with Crippen LogP contribution in [0.5, 0.6) is 0 Å². The second-order valence-corrected chi connectivity index (χ2v) is 6.03. The summed E-state index contributed by atoms with van der Waals surface area (Å²) in [6.07, 6.45) is -0.120. The summed E-state index contributed by atoms with van der Waals surface area (Å²) in [6.45, 7) is 2.69. The molecule has 7 nitrogen and oxygen atoms in total. The average Bonchev–Trinajstić information content (AvgIpc) is 2.88. The number of hydrogen-bond acceptors (Lipinski definition) is 5. The molecule has 122 valence electrons. The lowest BCUT2D eigenvalue weighted by molar-refractivity contribution is -0.160. The minimum atomic E-state index is -1.29. The van der Waals surface area contributed by atoms with Crippen LogP contribution < -0.4 is 0 Å². The van der Waals surface area contributed by atoms with Crippen LogP contribution in [0.15, 0.2) is 35.5 Å². The molecular weight excluding hydrogens is 300 g/mol. The van der Waals surface area contributed by atoms with Crippen LogP contribution in [0, 0.1) is 5.92 Å². The van der Waals surface area contributed by atoms with E-state index >= 15 is 0 Å². The van der Waals surface area contributed by atoms with E-state index in [0.29, 0.717) is 18.8 Å². The van der Waals surface area contributed by atoms with Gasteiger partial charge in [-0.25, -0.2) is 9.59 Å². The van der Waals surface area contributed by atoms with Crippen molar-refractivity contribution in [3.8, 4) is 0 Å². The predicted octanol–water partition coefficient (Wildman–Crippen LogP) is 1.87. The molecular formula is C16H18N2O5. The van der Waals surface area contributed by atoms with Gasteiger partial charge < -0.3 is 19.6 Å². The van der Waals surface area contributed by atoms with Crippen molar-refractivity contribution in [3.05, 3.63) is 35.9 Å². The average molecular weight is 318 g/mol. The normalized spacial score (nSPS) is 23.7. The van der Waals surface area contributed by atoms with Crippen LogP contribution in [0.2, 0.25) is 0 Å². The third-order valence-electron chi connectivity index (χ3n) is 4.15. The zero-order valence-corrected chi connectivity index (χ0v) is 12.8. The number of carbonyl (C=O) groups is 2. The SMILES string of the molecule is CC1(C(=O)O)CC(C2CN(C(=O)OCc3ccccc3)C2)=NO1. The van der Waals surface area contributed by atoms with Crippen LogP contribution in [0.4, 0.5) is 4.79 Å². The minimum Gasteiger partial charge on any atom is -0.478 e. The topological polar surface area (TPSA) is 88.4 Å². The van der Waals surface area contributed by atoms with Gasteiger partial charge in [0.2, 0.25) is 5.60 Å². The Bertz CT molecular complexity index is 639. The Kier molecular flexibility index (Phi) is 3.94. The van der Waals surface area contributed by atoms with Gasteiger partial charge in [0.1, 0.15) is 6.61 Å². The molecule has 0 spiro atoms. The van der Waals surface area contributed by atoms with Crippen molar-refractivity contribution in [1.29, 1.82) is 0 Å². The van der Waals surface area contributed by atoms with E-state index in [0.717, 1.165) is 5.56 Å². The van der Waals surface area contributed by atoms with Gasteiger partial charge in [0.25, 0.3) is 0 Å². The fraction of sp³-hybridized carbons (Fsp3) is 0.438. The van der Waals surface area contributed by atoms with Gasteiger partial charge in [-0.1, -0.05) is 35.5 Å². The molecule has 1 atom stereocenters. The molecule has 1 amide bonds. The predicted molar refractivity (Wildman–Crippen MR) is 80.9 cm³/mol. The number of carboxylic acid groups (broad SMARTS) is 1. The number of rotatable bonds is 4. The van der Waals surface area contributed by atoms with Crippen molar-refractivity contribution in [2.24, 2.45) is 11.1 Å². The molecule has 0 saturated carbocycles. The molecule has 3 rings (SSSR count). The summed E-state index contributed by atoms with van der Waals surface area (Å²) in [5.74, 6) is -0.991. The van der Waals surface area contributed by atoms with Gasteiger partial charge in [-0.2, -0.15) is 0 Å². The van der Waals surface area contributed by atoms with E-state index in [-0.39, 0.29) is 25.0 Å². The molecule has 2 heterocycles. The molecule has 0 aromatic heterocycles. The number of nitrogens with zero attached hydrogens (tertiary/aromatic N) is 2. The van der Waals surface area contributed by atoms with E-state index in [4.69, 9.17) is 14.7 Å². The molecule has 0 bridgehead atoms. The van der Waals surface area contributed by atoms with E-state index < -0.39 is 11.6 Å². The number of benzene rings is 1. The maximum atomic E-state index is 11.9. The highest BCUT2D eigenvalue weighted by Gasteiger charge is 2.46. The number of carbonyl (C=O) groups excluding carboxylic acids is 1. The third-order valence-corrected chi connectivity index (χ3v) is 4.15. The fourth-order valence-corrected chi connectivity index (χ4v) is 2.55. The molecule has 2 aliphatic heterocycles. The molecule has 7 heteroatoms. The largest absolute Gasteiger partial charge is 0.478 e. The lowest BCUT2D eigenvalue weighted by Crippen LogP contribution is -2.53. The first-order valence-electron chi connectivity index (χ1n) is 7.42. The summed E-state index contributed by atoms with van der Waals surface area (Å²) in [7, 11) is 0. The second kappa shape index (κ2) is 5.91. The van der Waals surface area contributed by atoms with Crippen molar-refractivity contribution >= 4 is 17.8 Å². The molecule has 1 fully saturated rings.